The number of nitrogens with one attached hydrogen (secondary N) is 1. The number of hydrogen-bond acceptors (Lipinski definition) is 11. The molecule has 3 amide bonds. The number of carbonyl (C=O) groups excluding carboxylic acids is 5. The number of carboxylic acids is 1. The maximum Gasteiger partial charge on any atom is 0.340 e. The highest BCUT2D eigenvalue weighted by Gasteiger charge is 2.55. The number of ether oxygens (including phenoxy) is 2. The van der Waals surface area contributed by atoms with Crippen LogP contribution in [0, 0.1) is 0 Å². The molecule has 6 rings (SSSR count). The fraction of sp³-hybridized carbons (Fsp3) is 0.250. The predicted molar refractivity (Wildman–Crippen MR) is 153 cm³/mol. The average molecular weight is 631 g/mol. The van der Waals surface area contributed by atoms with E-state index >= 15 is 0 Å². The molecule has 3 aromatic rings. The Morgan fingerprint density at radius 2 is 1.54 bits per heavy atom. The van der Waals surface area contributed by atoms with Crippen molar-refractivity contribution in [2.75, 3.05) is 0 Å². The lowest BCUT2D eigenvalue weighted by molar-refractivity contribution is -0.197. The van der Waals surface area contributed by atoms with Crippen molar-refractivity contribution in [2.45, 2.75) is 50.7 Å². The fourth-order valence-electron chi connectivity index (χ4n) is 5.86. The van der Waals surface area contributed by atoms with Crippen molar-refractivity contribution in [1.82, 2.24) is 10.4 Å². The van der Waals surface area contributed by atoms with Gasteiger partial charge in [-0.1, -0.05) is 0 Å². The van der Waals surface area contributed by atoms with E-state index in [4.69, 9.17) is 14.3 Å². The number of phenolic OH excluding ortho intramolecular Hbond substituents is 2. The van der Waals surface area contributed by atoms with Gasteiger partial charge in [-0.3, -0.25) is 14.4 Å². The number of fused-ring (bicyclic) bond motifs is 6. The first-order chi connectivity index (χ1) is 21.9. The molecule has 1 unspecified atom stereocenters. The summed E-state index contributed by atoms with van der Waals surface area (Å²) < 4.78 is 11.9. The van der Waals surface area contributed by atoms with E-state index in [-0.39, 0.29) is 88.5 Å². The van der Waals surface area contributed by atoms with Crippen LogP contribution in [0.4, 0.5) is 0 Å². The van der Waals surface area contributed by atoms with Crippen molar-refractivity contribution >= 4 is 35.6 Å². The highest BCUT2D eigenvalue weighted by atomic mass is 16.7. The third-order valence-corrected chi connectivity index (χ3v) is 7.96. The van der Waals surface area contributed by atoms with Crippen LogP contribution in [0.25, 0.3) is 0 Å². The number of imide groups is 1. The van der Waals surface area contributed by atoms with E-state index < -0.39 is 47.3 Å². The quantitative estimate of drug-likeness (QED) is 0.209. The van der Waals surface area contributed by atoms with Gasteiger partial charge in [-0.05, 0) is 56.2 Å². The van der Waals surface area contributed by atoms with Crippen molar-refractivity contribution in [3.8, 4) is 23.0 Å². The average Bonchev–Trinajstić information content (AvgIpc) is 3.47. The zero-order valence-electron chi connectivity index (χ0n) is 24.2. The van der Waals surface area contributed by atoms with Gasteiger partial charge in [0.15, 0.2) is 5.60 Å². The van der Waals surface area contributed by atoms with Crippen molar-refractivity contribution < 1.29 is 58.4 Å². The molecule has 0 saturated carbocycles. The van der Waals surface area contributed by atoms with Crippen LogP contribution in [0.1, 0.15) is 86.8 Å². The Morgan fingerprint density at radius 1 is 0.935 bits per heavy atom. The summed E-state index contributed by atoms with van der Waals surface area (Å²) in [7, 11) is 0. The second-order valence-electron chi connectivity index (χ2n) is 11.1. The zero-order chi connectivity index (χ0) is 32.9. The van der Waals surface area contributed by atoms with Crippen LogP contribution in [-0.4, -0.2) is 62.1 Å². The molecule has 46 heavy (non-hydrogen) atoms. The Kier molecular flexibility index (Phi) is 7.34. The minimum absolute atomic E-state index is 0.0311. The van der Waals surface area contributed by atoms with Crippen LogP contribution in [0.3, 0.4) is 0 Å². The van der Waals surface area contributed by atoms with Crippen molar-refractivity contribution in [3.05, 3.63) is 81.9 Å². The van der Waals surface area contributed by atoms with Crippen LogP contribution in [-0.2, 0) is 29.6 Å². The van der Waals surface area contributed by atoms with E-state index in [0.29, 0.717) is 5.06 Å². The van der Waals surface area contributed by atoms with Crippen LogP contribution in [0.15, 0.2) is 48.5 Å². The van der Waals surface area contributed by atoms with Gasteiger partial charge in [-0.2, -0.15) is 0 Å². The highest BCUT2D eigenvalue weighted by molar-refractivity contribution is 6.10. The van der Waals surface area contributed by atoms with Crippen molar-refractivity contribution in [3.63, 3.8) is 0 Å². The normalized spacial score (nSPS) is 16.2. The second kappa shape index (κ2) is 11.2. The molecule has 1 saturated heterocycles. The Morgan fingerprint density at radius 3 is 2.13 bits per heavy atom. The van der Waals surface area contributed by atoms with E-state index in [9.17, 15) is 44.1 Å². The van der Waals surface area contributed by atoms with Gasteiger partial charge in [0, 0.05) is 54.1 Å². The molecule has 1 atom stereocenters. The van der Waals surface area contributed by atoms with Gasteiger partial charge in [0.05, 0.1) is 16.7 Å². The smallest absolute Gasteiger partial charge is 0.340 e. The molecule has 14 nitrogen and oxygen atoms in total. The SMILES string of the molecule is CC(CCCC(=O)ON1C(=O)CCC1=O)NC(=O)c1cc(C(=O)O)cc2c1C(=O)OC21c2ccc(O)cc2Oc2cc(O)ccc21. The fourth-order valence-corrected chi connectivity index (χ4v) is 5.86. The number of phenols is 2. The first-order valence-corrected chi connectivity index (χ1v) is 14.3. The van der Waals surface area contributed by atoms with Crippen LogP contribution < -0.4 is 10.1 Å². The summed E-state index contributed by atoms with van der Waals surface area (Å²) in [5, 5.41) is 33.4. The lowest BCUT2D eigenvalue weighted by atomic mass is 9.76. The number of rotatable bonds is 8. The maximum absolute atomic E-state index is 13.6. The molecule has 1 spiro atoms. The molecule has 3 aliphatic heterocycles. The number of carbonyl (C=O) groups is 6. The molecule has 1 fully saturated rings. The third kappa shape index (κ3) is 5.02. The number of amides is 3. The van der Waals surface area contributed by atoms with Crippen LogP contribution in [0.2, 0.25) is 0 Å². The number of aromatic carboxylic acids is 1. The molecule has 236 valence electrons. The Balaban J connectivity index is 1.30. The monoisotopic (exact) mass is 630 g/mol. The van der Waals surface area contributed by atoms with Crippen LogP contribution in [0.5, 0.6) is 23.0 Å². The minimum Gasteiger partial charge on any atom is -0.508 e. The summed E-state index contributed by atoms with van der Waals surface area (Å²) in [5.41, 5.74) is -1.99. The number of esters is 1. The van der Waals surface area contributed by atoms with Gasteiger partial charge in [-0.25, -0.2) is 14.4 Å². The lowest BCUT2D eigenvalue weighted by Gasteiger charge is -2.36. The van der Waals surface area contributed by atoms with E-state index in [1.165, 1.54) is 42.5 Å². The standard InChI is InChI=1S/C32H26N2O12/c1-15(3-2-4-27(39)46-34-25(37)9-10-26(34)38)33-29(40)19-11-16(30(41)42)12-22-28(19)31(43)45-32(22)20-7-5-17(35)13-23(20)44-24-14-18(36)6-8-21(24)32/h5-8,11-15,35-36H,2-4,9-10H2,1H3,(H,33,40)(H,41,42). The van der Waals surface area contributed by atoms with E-state index in [1.54, 1.807) is 6.92 Å². The molecule has 4 N–H and O–H groups in total. The summed E-state index contributed by atoms with van der Waals surface area (Å²) in [5.74, 6) is -5.23. The molecule has 3 aromatic carbocycles. The van der Waals surface area contributed by atoms with E-state index in [1.807, 2.05) is 0 Å². The molecule has 14 heteroatoms. The molecule has 0 radical (unpaired) electrons. The summed E-state index contributed by atoms with van der Waals surface area (Å²) in [6.45, 7) is 1.64. The Labute approximate surface area is 260 Å². The van der Waals surface area contributed by atoms with Gasteiger partial charge in [0.25, 0.3) is 17.7 Å². The lowest BCUT2D eigenvalue weighted by Crippen LogP contribution is -2.34. The number of hydroxylamine groups is 2. The van der Waals surface area contributed by atoms with Gasteiger partial charge in [-0.15, -0.1) is 5.06 Å². The summed E-state index contributed by atoms with van der Waals surface area (Å²) in [6, 6.07) is 9.90. The first-order valence-electron chi connectivity index (χ1n) is 14.3. The topological polar surface area (TPSA) is 206 Å². The van der Waals surface area contributed by atoms with Crippen LogP contribution >= 0.6 is 0 Å². The minimum atomic E-state index is -1.79. The number of benzene rings is 3. The van der Waals surface area contributed by atoms with E-state index in [2.05, 4.69) is 5.32 Å². The van der Waals surface area contributed by atoms with Crippen molar-refractivity contribution in [2.24, 2.45) is 0 Å². The van der Waals surface area contributed by atoms with Gasteiger partial charge in [0.1, 0.15) is 23.0 Å². The molecule has 0 bridgehead atoms. The maximum atomic E-state index is 13.6. The van der Waals surface area contributed by atoms with E-state index in [0.717, 1.165) is 6.07 Å². The molecular formula is C32H26N2O12. The van der Waals surface area contributed by atoms with Gasteiger partial charge in [0.2, 0.25) is 0 Å². The molecular weight excluding hydrogens is 604 g/mol. The number of nitrogens with zero attached hydrogens (tertiary/aromatic N) is 1. The highest BCUT2D eigenvalue weighted by Crippen LogP contribution is 2.57. The third-order valence-electron chi connectivity index (χ3n) is 7.96. The summed E-state index contributed by atoms with van der Waals surface area (Å²) in [4.78, 5) is 79.8. The second-order valence-corrected chi connectivity index (χ2v) is 11.1. The summed E-state index contributed by atoms with van der Waals surface area (Å²) >= 11 is 0. The molecule has 3 heterocycles. The molecule has 0 aromatic heterocycles. The first kappa shape index (κ1) is 30.1. The summed E-state index contributed by atoms with van der Waals surface area (Å²) in [6.07, 6.45) is 0.250. The molecule has 3 aliphatic rings. The number of carboxylic acid groups (broad SMARTS) is 1. The number of hydrogen-bond donors (Lipinski definition) is 4. The predicted octanol–water partition coefficient (Wildman–Crippen LogP) is 3.26. The largest absolute Gasteiger partial charge is 0.508 e. The van der Waals surface area contributed by atoms with Gasteiger partial charge >= 0.3 is 17.9 Å². The number of aromatic hydroxyl groups is 2. The zero-order valence-corrected chi connectivity index (χ0v) is 24.2. The van der Waals surface area contributed by atoms with Crippen molar-refractivity contribution in [1.29, 1.82) is 0 Å². The Hall–Kier alpha value is -5.92. The Bertz CT molecular complexity index is 1800. The molecule has 0 aliphatic carbocycles. The van der Waals surface area contributed by atoms with Gasteiger partial charge < -0.3 is 34.9 Å².